The molecule has 0 radical (unpaired) electrons. The molecular formula is C9H17N3. The summed E-state index contributed by atoms with van der Waals surface area (Å²) < 4.78 is 0. The maximum Gasteiger partial charge on any atom is 0.110 e. The number of unbranched alkanes of at least 4 members (excludes halogenated alkanes) is 1. The van der Waals surface area contributed by atoms with Gasteiger partial charge in [-0.05, 0) is 25.7 Å². The van der Waals surface area contributed by atoms with Gasteiger partial charge in [0.25, 0.3) is 0 Å². The van der Waals surface area contributed by atoms with E-state index >= 15 is 0 Å². The van der Waals surface area contributed by atoms with E-state index in [1.165, 1.54) is 17.9 Å². The van der Waals surface area contributed by atoms with Gasteiger partial charge in [-0.3, -0.25) is 5.41 Å². The average molecular weight is 167 g/mol. The van der Waals surface area contributed by atoms with Crippen LogP contribution in [-0.2, 0) is 0 Å². The van der Waals surface area contributed by atoms with Crippen LogP contribution in [0.15, 0.2) is 11.6 Å². The van der Waals surface area contributed by atoms with Gasteiger partial charge in [0.1, 0.15) is 5.84 Å². The molecule has 0 atom stereocenters. The highest BCUT2D eigenvalue weighted by molar-refractivity contribution is 5.78. The molecule has 0 aromatic heterocycles. The highest BCUT2D eigenvalue weighted by atomic mass is 15.4. The van der Waals surface area contributed by atoms with E-state index in [9.17, 15) is 0 Å². The largest absolute Gasteiger partial charge is 0.302 e. The van der Waals surface area contributed by atoms with Crippen molar-refractivity contribution in [3.8, 4) is 0 Å². The molecular weight excluding hydrogens is 150 g/mol. The number of nitrogens with zero attached hydrogens (tertiary/aromatic N) is 1. The fourth-order valence-electron chi connectivity index (χ4n) is 1.03. The molecule has 0 aliphatic heterocycles. The molecule has 0 unspecified atom stereocenters. The summed E-state index contributed by atoms with van der Waals surface area (Å²) in [6, 6.07) is 0. The predicted molar refractivity (Wildman–Crippen MR) is 50.8 cm³/mol. The van der Waals surface area contributed by atoms with Crippen molar-refractivity contribution < 1.29 is 0 Å². The third-order valence-corrected chi connectivity index (χ3v) is 2.02. The molecule has 0 saturated heterocycles. The van der Waals surface area contributed by atoms with E-state index in [-0.39, 0.29) is 0 Å². The molecule has 3 N–H and O–H groups in total. The first-order valence-corrected chi connectivity index (χ1v) is 4.44. The van der Waals surface area contributed by atoms with E-state index in [0.29, 0.717) is 5.84 Å². The van der Waals surface area contributed by atoms with Crippen molar-refractivity contribution in [2.75, 3.05) is 7.05 Å². The Morgan fingerprint density at radius 1 is 1.67 bits per heavy atom. The van der Waals surface area contributed by atoms with Crippen LogP contribution in [0.25, 0.3) is 0 Å². The highest BCUT2D eigenvalue weighted by Crippen LogP contribution is 2.28. The predicted octanol–water partition coefficient (Wildman–Crippen LogP) is 1.66. The average Bonchev–Trinajstić information content (AvgIpc) is 2.80. The third-order valence-electron chi connectivity index (χ3n) is 2.02. The number of allylic oxidation sites excluding steroid dienone is 2. The lowest BCUT2D eigenvalue weighted by molar-refractivity contribution is 0.517. The summed E-state index contributed by atoms with van der Waals surface area (Å²) in [4.78, 5) is 0. The van der Waals surface area contributed by atoms with Crippen molar-refractivity contribution in [2.45, 2.75) is 32.1 Å². The van der Waals surface area contributed by atoms with Gasteiger partial charge in [-0.15, -0.1) is 0 Å². The summed E-state index contributed by atoms with van der Waals surface area (Å²) in [6.45, 7) is 0. The van der Waals surface area contributed by atoms with Crippen molar-refractivity contribution in [3.63, 3.8) is 0 Å². The van der Waals surface area contributed by atoms with Gasteiger partial charge in [-0.1, -0.05) is 11.6 Å². The lowest BCUT2D eigenvalue weighted by Gasteiger charge is -2.11. The van der Waals surface area contributed by atoms with Crippen LogP contribution in [0.4, 0.5) is 0 Å². The standard InChI is InChI=1S/C9H17N3/c1-12(11)9(10)5-3-2-4-8-6-7-8/h4,10H,2-3,5-7,11H2,1H3. The van der Waals surface area contributed by atoms with E-state index in [4.69, 9.17) is 11.3 Å². The monoisotopic (exact) mass is 167 g/mol. The van der Waals surface area contributed by atoms with Gasteiger partial charge in [-0.25, -0.2) is 5.84 Å². The van der Waals surface area contributed by atoms with Crippen molar-refractivity contribution in [2.24, 2.45) is 5.84 Å². The molecule has 0 aromatic carbocycles. The first kappa shape index (κ1) is 9.26. The molecule has 0 bridgehead atoms. The topological polar surface area (TPSA) is 53.1 Å². The van der Waals surface area contributed by atoms with Crippen LogP contribution >= 0.6 is 0 Å². The molecule has 1 aliphatic carbocycles. The number of nitrogens with two attached hydrogens (primary N) is 1. The van der Waals surface area contributed by atoms with Crippen molar-refractivity contribution >= 4 is 5.84 Å². The zero-order valence-corrected chi connectivity index (χ0v) is 7.64. The summed E-state index contributed by atoms with van der Waals surface area (Å²) in [5.74, 6) is 5.90. The molecule has 68 valence electrons. The fraction of sp³-hybridized carbons (Fsp3) is 0.667. The molecule has 1 saturated carbocycles. The van der Waals surface area contributed by atoms with Crippen LogP contribution in [-0.4, -0.2) is 17.9 Å². The van der Waals surface area contributed by atoms with Crippen molar-refractivity contribution in [3.05, 3.63) is 11.6 Å². The second-order valence-electron chi connectivity index (χ2n) is 3.31. The first-order chi connectivity index (χ1) is 5.70. The van der Waals surface area contributed by atoms with E-state index in [2.05, 4.69) is 6.08 Å². The van der Waals surface area contributed by atoms with Gasteiger partial charge in [0.2, 0.25) is 0 Å². The lowest BCUT2D eigenvalue weighted by Crippen LogP contribution is -2.32. The maximum atomic E-state index is 7.43. The molecule has 1 rings (SSSR count). The number of hydrazine groups is 1. The lowest BCUT2D eigenvalue weighted by atomic mass is 10.2. The van der Waals surface area contributed by atoms with E-state index < -0.39 is 0 Å². The zero-order valence-electron chi connectivity index (χ0n) is 7.64. The van der Waals surface area contributed by atoms with Gasteiger partial charge in [0.05, 0.1) is 0 Å². The molecule has 12 heavy (non-hydrogen) atoms. The Morgan fingerprint density at radius 3 is 2.83 bits per heavy atom. The Morgan fingerprint density at radius 2 is 2.33 bits per heavy atom. The SMILES string of the molecule is CN(N)C(=N)CCCC=C1CC1. The molecule has 0 heterocycles. The first-order valence-electron chi connectivity index (χ1n) is 4.44. The van der Waals surface area contributed by atoms with Gasteiger partial charge in [-0.2, -0.15) is 0 Å². The zero-order chi connectivity index (χ0) is 8.97. The Kier molecular flexibility index (Phi) is 3.29. The number of rotatable bonds is 4. The second-order valence-corrected chi connectivity index (χ2v) is 3.31. The highest BCUT2D eigenvalue weighted by Gasteiger charge is 2.09. The fourth-order valence-corrected chi connectivity index (χ4v) is 1.03. The molecule has 0 spiro atoms. The minimum absolute atomic E-state index is 0.518. The van der Waals surface area contributed by atoms with Crippen LogP contribution in [0.1, 0.15) is 32.1 Å². The van der Waals surface area contributed by atoms with Crippen molar-refractivity contribution in [1.29, 1.82) is 5.41 Å². The molecule has 0 amide bonds. The normalized spacial score (nSPS) is 14.3. The van der Waals surface area contributed by atoms with Gasteiger partial charge in [0, 0.05) is 13.5 Å². The second kappa shape index (κ2) is 4.26. The summed E-state index contributed by atoms with van der Waals surface area (Å²) in [5, 5.41) is 8.80. The van der Waals surface area contributed by atoms with Gasteiger partial charge >= 0.3 is 0 Å². The minimum atomic E-state index is 0.518. The number of hydrogen-bond donors (Lipinski definition) is 2. The van der Waals surface area contributed by atoms with Crippen LogP contribution in [0.5, 0.6) is 0 Å². The summed E-state index contributed by atoms with van der Waals surface area (Å²) in [5.41, 5.74) is 1.59. The Bertz CT molecular complexity index is 188. The molecule has 1 fully saturated rings. The van der Waals surface area contributed by atoms with Crippen LogP contribution < -0.4 is 5.84 Å². The third kappa shape index (κ3) is 3.53. The number of hydrogen-bond acceptors (Lipinski definition) is 2. The molecule has 3 nitrogen and oxygen atoms in total. The number of nitrogens with one attached hydrogen (secondary N) is 1. The quantitative estimate of drug-likeness (QED) is 0.167. The van der Waals surface area contributed by atoms with E-state index in [1.54, 1.807) is 12.6 Å². The Hall–Kier alpha value is -0.830. The maximum absolute atomic E-state index is 7.43. The Balaban J connectivity index is 2.01. The number of amidine groups is 1. The van der Waals surface area contributed by atoms with Crippen LogP contribution in [0.2, 0.25) is 0 Å². The van der Waals surface area contributed by atoms with Gasteiger partial charge in [0.15, 0.2) is 0 Å². The molecule has 0 aromatic rings. The minimum Gasteiger partial charge on any atom is -0.302 e. The summed E-state index contributed by atoms with van der Waals surface area (Å²) in [6.07, 6.45) is 7.83. The van der Waals surface area contributed by atoms with Crippen molar-refractivity contribution in [1.82, 2.24) is 5.01 Å². The van der Waals surface area contributed by atoms with E-state index in [1.807, 2.05) is 0 Å². The smallest absolute Gasteiger partial charge is 0.110 e. The summed E-state index contributed by atoms with van der Waals surface area (Å²) in [7, 11) is 1.71. The van der Waals surface area contributed by atoms with Crippen LogP contribution in [0, 0.1) is 5.41 Å². The van der Waals surface area contributed by atoms with E-state index in [0.717, 1.165) is 19.3 Å². The molecule has 3 heteroatoms. The van der Waals surface area contributed by atoms with Gasteiger partial charge < -0.3 is 5.01 Å². The van der Waals surface area contributed by atoms with Crippen LogP contribution in [0.3, 0.4) is 0 Å². The summed E-state index contributed by atoms with van der Waals surface area (Å²) >= 11 is 0. The molecule has 1 aliphatic rings. The Labute approximate surface area is 73.7 Å².